The normalized spacial score (nSPS) is 17.6. The van der Waals surface area contributed by atoms with Gasteiger partial charge in [-0.25, -0.2) is 0 Å². The summed E-state index contributed by atoms with van der Waals surface area (Å²) in [4.78, 5) is 9.22. The average molecular weight is 362 g/mol. The number of hydrogen-bond acceptors (Lipinski definition) is 5. The molecule has 0 N–H and O–H groups in total. The SMILES string of the molecule is CN(Cc1cc(-c2ccccn2)no1)C[C@H]1CCN(Cc2ccccc2)C1. The van der Waals surface area contributed by atoms with E-state index in [4.69, 9.17) is 4.52 Å². The number of aromatic nitrogens is 2. The molecule has 2 aromatic heterocycles. The van der Waals surface area contributed by atoms with Gasteiger partial charge in [0.05, 0.1) is 12.2 Å². The van der Waals surface area contributed by atoms with Crippen molar-refractivity contribution in [3.8, 4) is 11.4 Å². The smallest absolute Gasteiger partial charge is 0.151 e. The van der Waals surface area contributed by atoms with Crippen molar-refractivity contribution in [1.82, 2.24) is 19.9 Å². The first-order valence-corrected chi connectivity index (χ1v) is 9.58. The maximum Gasteiger partial charge on any atom is 0.151 e. The molecule has 4 rings (SSSR count). The Morgan fingerprint density at radius 2 is 1.96 bits per heavy atom. The third-order valence-electron chi connectivity index (χ3n) is 5.10. The van der Waals surface area contributed by atoms with Crippen LogP contribution in [0.2, 0.25) is 0 Å². The Labute approximate surface area is 160 Å². The Bertz CT molecular complexity index is 834. The molecule has 0 amide bonds. The van der Waals surface area contributed by atoms with Gasteiger partial charge in [0.25, 0.3) is 0 Å². The molecule has 140 valence electrons. The van der Waals surface area contributed by atoms with E-state index in [9.17, 15) is 0 Å². The van der Waals surface area contributed by atoms with Crippen LogP contribution in [-0.2, 0) is 13.1 Å². The van der Waals surface area contributed by atoms with Gasteiger partial charge < -0.3 is 4.52 Å². The summed E-state index contributed by atoms with van der Waals surface area (Å²) in [7, 11) is 2.16. The highest BCUT2D eigenvalue weighted by Crippen LogP contribution is 2.21. The van der Waals surface area contributed by atoms with Crippen molar-refractivity contribution in [2.24, 2.45) is 5.92 Å². The van der Waals surface area contributed by atoms with E-state index < -0.39 is 0 Å². The minimum Gasteiger partial charge on any atom is -0.359 e. The molecule has 1 saturated heterocycles. The van der Waals surface area contributed by atoms with Crippen molar-refractivity contribution >= 4 is 0 Å². The number of rotatable bonds is 7. The van der Waals surface area contributed by atoms with E-state index in [2.05, 4.69) is 57.3 Å². The Morgan fingerprint density at radius 1 is 1.11 bits per heavy atom. The Balaban J connectivity index is 1.26. The lowest BCUT2D eigenvalue weighted by Gasteiger charge is -2.20. The zero-order valence-corrected chi connectivity index (χ0v) is 15.8. The number of benzene rings is 1. The van der Waals surface area contributed by atoms with Crippen LogP contribution in [0.25, 0.3) is 11.4 Å². The first kappa shape index (κ1) is 17.9. The topological polar surface area (TPSA) is 45.4 Å². The standard InChI is InChI=1S/C22H26N4O/c1-25(17-20-13-22(24-27-20)21-9-5-6-11-23-21)14-19-10-12-26(16-19)15-18-7-3-2-4-8-18/h2-9,11,13,19H,10,12,14-17H2,1H3/t19-/m1/s1. The molecule has 0 spiro atoms. The van der Waals surface area contributed by atoms with E-state index in [1.54, 1.807) is 6.20 Å². The van der Waals surface area contributed by atoms with Gasteiger partial charge in [0.1, 0.15) is 5.69 Å². The van der Waals surface area contributed by atoms with Gasteiger partial charge in [0.15, 0.2) is 5.76 Å². The van der Waals surface area contributed by atoms with Crippen LogP contribution >= 0.6 is 0 Å². The van der Waals surface area contributed by atoms with Crippen LogP contribution in [0, 0.1) is 5.92 Å². The molecule has 1 aliphatic rings. The van der Waals surface area contributed by atoms with E-state index in [-0.39, 0.29) is 0 Å². The molecule has 0 radical (unpaired) electrons. The van der Waals surface area contributed by atoms with Crippen LogP contribution in [0.1, 0.15) is 17.7 Å². The van der Waals surface area contributed by atoms with Gasteiger partial charge in [0.2, 0.25) is 0 Å². The van der Waals surface area contributed by atoms with E-state index in [0.717, 1.165) is 43.3 Å². The summed E-state index contributed by atoms with van der Waals surface area (Å²) in [6, 6.07) is 18.5. The monoisotopic (exact) mass is 362 g/mol. The Kier molecular flexibility index (Phi) is 5.61. The second-order valence-electron chi connectivity index (χ2n) is 7.47. The van der Waals surface area contributed by atoms with Crippen LogP contribution in [0.5, 0.6) is 0 Å². The predicted molar refractivity (Wildman–Crippen MR) is 106 cm³/mol. The fourth-order valence-electron chi connectivity index (χ4n) is 3.84. The Morgan fingerprint density at radius 3 is 2.78 bits per heavy atom. The summed E-state index contributed by atoms with van der Waals surface area (Å²) in [5.41, 5.74) is 3.05. The van der Waals surface area contributed by atoms with Gasteiger partial charge in [-0.1, -0.05) is 41.6 Å². The second kappa shape index (κ2) is 8.46. The van der Waals surface area contributed by atoms with Crippen molar-refractivity contribution in [3.05, 3.63) is 72.1 Å². The Hall–Kier alpha value is -2.50. The summed E-state index contributed by atoms with van der Waals surface area (Å²) in [6.07, 6.45) is 3.03. The first-order valence-electron chi connectivity index (χ1n) is 9.58. The average Bonchev–Trinajstić information content (AvgIpc) is 3.33. The van der Waals surface area contributed by atoms with E-state index >= 15 is 0 Å². The van der Waals surface area contributed by atoms with Crippen LogP contribution in [0.4, 0.5) is 0 Å². The first-order chi connectivity index (χ1) is 13.3. The molecule has 0 unspecified atom stereocenters. The molecule has 3 heterocycles. The minimum absolute atomic E-state index is 0.705. The third kappa shape index (κ3) is 4.81. The molecule has 1 fully saturated rings. The van der Waals surface area contributed by atoms with Crippen molar-refractivity contribution < 1.29 is 4.52 Å². The molecule has 3 aromatic rings. The molecule has 5 heteroatoms. The highest BCUT2D eigenvalue weighted by atomic mass is 16.5. The van der Waals surface area contributed by atoms with E-state index in [0.29, 0.717) is 5.92 Å². The van der Waals surface area contributed by atoms with Crippen molar-refractivity contribution in [1.29, 1.82) is 0 Å². The summed E-state index contributed by atoms with van der Waals surface area (Å²) in [5, 5.41) is 4.16. The van der Waals surface area contributed by atoms with Crippen molar-refractivity contribution in [3.63, 3.8) is 0 Å². The fraction of sp³-hybridized carbons (Fsp3) is 0.364. The fourth-order valence-corrected chi connectivity index (χ4v) is 3.84. The maximum absolute atomic E-state index is 5.51. The van der Waals surface area contributed by atoms with Crippen molar-refractivity contribution in [2.45, 2.75) is 19.5 Å². The van der Waals surface area contributed by atoms with Gasteiger partial charge in [-0.15, -0.1) is 0 Å². The molecule has 1 atom stereocenters. The van der Waals surface area contributed by atoms with Crippen LogP contribution in [-0.4, -0.2) is 46.6 Å². The highest BCUT2D eigenvalue weighted by Gasteiger charge is 2.24. The van der Waals surface area contributed by atoms with Gasteiger partial charge in [-0.05, 0) is 43.6 Å². The molecule has 5 nitrogen and oxygen atoms in total. The maximum atomic E-state index is 5.51. The summed E-state index contributed by atoms with van der Waals surface area (Å²) < 4.78 is 5.51. The minimum atomic E-state index is 0.705. The number of likely N-dealkylation sites (tertiary alicyclic amines) is 1. The molecular weight excluding hydrogens is 336 g/mol. The van der Waals surface area contributed by atoms with E-state index in [1.165, 1.54) is 18.5 Å². The van der Waals surface area contributed by atoms with Crippen LogP contribution in [0.15, 0.2) is 65.3 Å². The molecule has 0 saturated carbocycles. The lowest BCUT2D eigenvalue weighted by atomic mass is 10.1. The van der Waals surface area contributed by atoms with Crippen LogP contribution < -0.4 is 0 Å². The van der Waals surface area contributed by atoms with Crippen LogP contribution in [0.3, 0.4) is 0 Å². The number of hydrogen-bond donors (Lipinski definition) is 0. The third-order valence-corrected chi connectivity index (χ3v) is 5.10. The van der Waals surface area contributed by atoms with E-state index in [1.807, 2.05) is 24.3 Å². The molecule has 1 aromatic carbocycles. The molecule has 0 bridgehead atoms. The number of pyridine rings is 1. The van der Waals surface area contributed by atoms with Crippen molar-refractivity contribution in [2.75, 3.05) is 26.7 Å². The number of nitrogens with zero attached hydrogens (tertiary/aromatic N) is 4. The van der Waals surface area contributed by atoms with Gasteiger partial charge in [0, 0.05) is 31.9 Å². The highest BCUT2D eigenvalue weighted by molar-refractivity contribution is 5.52. The molecular formula is C22H26N4O. The second-order valence-corrected chi connectivity index (χ2v) is 7.47. The zero-order chi connectivity index (χ0) is 18.5. The van der Waals surface area contributed by atoms with Gasteiger partial charge >= 0.3 is 0 Å². The molecule has 27 heavy (non-hydrogen) atoms. The lowest BCUT2D eigenvalue weighted by molar-refractivity contribution is 0.231. The summed E-state index contributed by atoms with van der Waals surface area (Å²) in [5.74, 6) is 1.59. The molecule has 0 aliphatic carbocycles. The largest absolute Gasteiger partial charge is 0.359 e. The predicted octanol–water partition coefficient (Wildman–Crippen LogP) is 3.69. The van der Waals surface area contributed by atoms with Gasteiger partial charge in [-0.2, -0.15) is 0 Å². The summed E-state index contributed by atoms with van der Waals surface area (Å²) in [6.45, 7) is 5.24. The zero-order valence-electron chi connectivity index (χ0n) is 15.8. The van der Waals surface area contributed by atoms with Gasteiger partial charge in [-0.3, -0.25) is 14.8 Å². The lowest BCUT2D eigenvalue weighted by Crippen LogP contribution is -2.27. The summed E-state index contributed by atoms with van der Waals surface area (Å²) >= 11 is 0. The quantitative estimate of drug-likeness (QED) is 0.641. The molecule has 1 aliphatic heterocycles.